The summed E-state index contributed by atoms with van der Waals surface area (Å²) >= 11 is 7.31. The van der Waals surface area contributed by atoms with Crippen LogP contribution in [0.1, 0.15) is 0 Å². The van der Waals surface area contributed by atoms with Crippen molar-refractivity contribution in [2.75, 3.05) is 11.1 Å². The van der Waals surface area contributed by atoms with E-state index >= 15 is 0 Å². The second kappa shape index (κ2) is 8.89. The molecule has 144 valence electrons. The molecule has 2 heterocycles. The van der Waals surface area contributed by atoms with E-state index in [0.29, 0.717) is 10.8 Å². The van der Waals surface area contributed by atoms with E-state index in [2.05, 4.69) is 20.5 Å². The SMILES string of the molecule is O=C(CSc1nnc(-c2ccccc2)n1-c1ccccc1)Nc1cccnc1Cl. The second-order valence-corrected chi connectivity index (χ2v) is 7.32. The van der Waals surface area contributed by atoms with Gasteiger partial charge in [0.1, 0.15) is 0 Å². The van der Waals surface area contributed by atoms with E-state index in [1.54, 1.807) is 18.3 Å². The highest BCUT2D eigenvalue weighted by atomic mass is 35.5. The summed E-state index contributed by atoms with van der Waals surface area (Å²) in [5, 5.41) is 12.3. The number of carbonyl (C=O) groups excluding carboxylic acids is 1. The van der Waals surface area contributed by atoms with Crippen molar-refractivity contribution < 1.29 is 4.79 Å². The van der Waals surface area contributed by atoms with Crippen LogP contribution in [0.4, 0.5) is 5.69 Å². The average Bonchev–Trinajstić information content (AvgIpc) is 3.19. The van der Waals surface area contributed by atoms with Gasteiger partial charge in [0, 0.05) is 17.4 Å². The Morgan fingerprint density at radius 1 is 0.966 bits per heavy atom. The molecule has 1 N–H and O–H groups in total. The number of aromatic nitrogens is 4. The summed E-state index contributed by atoms with van der Waals surface area (Å²) < 4.78 is 1.95. The molecule has 29 heavy (non-hydrogen) atoms. The van der Waals surface area contributed by atoms with Crippen LogP contribution in [0, 0.1) is 0 Å². The lowest BCUT2D eigenvalue weighted by Crippen LogP contribution is -2.15. The van der Waals surface area contributed by atoms with Gasteiger partial charge in [-0.25, -0.2) is 4.98 Å². The van der Waals surface area contributed by atoms with E-state index in [1.165, 1.54) is 11.8 Å². The minimum atomic E-state index is -0.200. The maximum absolute atomic E-state index is 12.4. The number of nitrogens with one attached hydrogen (secondary N) is 1. The summed E-state index contributed by atoms with van der Waals surface area (Å²) in [5.41, 5.74) is 2.35. The Morgan fingerprint density at radius 2 is 1.69 bits per heavy atom. The molecule has 0 saturated carbocycles. The van der Waals surface area contributed by atoms with Gasteiger partial charge in [0.15, 0.2) is 16.1 Å². The standard InChI is InChI=1S/C21H16ClN5OS/c22-19-17(12-7-13-23-19)24-18(28)14-29-21-26-25-20(15-8-3-1-4-9-15)27(21)16-10-5-2-6-11-16/h1-13H,14H2,(H,24,28). The largest absolute Gasteiger partial charge is 0.323 e. The number of pyridine rings is 1. The van der Waals surface area contributed by atoms with E-state index in [1.807, 2.05) is 65.2 Å². The topological polar surface area (TPSA) is 72.7 Å². The number of benzene rings is 2. The third kappa shape index (κ3) is 4.47. The molecule has 0 radical (unpaired) electrons. The molecule has 0 spiro atoms. The molecule has 0 fully saturated rings. The van der Waals surface area contributed by atoms with Crippen LogP contribution >= 0.6 is 23.4 Å². The Morgan fingerprint density at radius 3 is 2.41 bits per heavy atom. The van der Waals surface area contributed by atoms with Gasteiger partial charge in [-0.15, -0.1) is 10.2 Å². The molecule has 2 aromatic carbocycles. The minimum absolute atomic E-state index is 0.158. The van der Waals surface area contributed by atoms with Gasteiger partial charge in [-0.05, 0) is 24.3 Å². The van der Waals surface area contributed by atoms with Gasteiger partial charge >= 0.3 is 0 Å². The zero-order valence-corrected chi connectivity index (χ0v) is 16.8. The van der Waals surface area contributed by atoms with Crippen molar-refractivity contribution in [1.82, 2.24) is 19.7 Å². The predicted octanol–water partition coefficient (Wildman–Crippen LogP) is 4.71. The fourth-order valence-electron chi connectivity index (χ4n) is 2.74. The second-order valence-electron chi connectivity index (χ2n) is 6.02. The monoisotopic (exact) mass is 421 g/mol. The molecular weight excluding hydrogens is 406 g/mol. The van der Waals surface area contributed by atoms with Crippen molar-refractivity contribution in [2.24, 2.45) is 0 Å². The van der Waals surface area contributed by atoms with Crippen molar-refractivity contribution in [2.45, 2.75) is 5.16 Å². The molecule has 8 heteroatoms. The Kier molecular flexibility index (Phi) is 5.88. The van der Waals surface area contributed by atoms with Crippen LogP contribution in [0.5, 0.6) is 0 Å². The number of para-hydroxylation sites is 1. The molecule has 4 aromatic rings. The molecule has 0 unspecified atom stereocenters. The molecule has 2 aromatic heterocycles. The number of nitrogens with zero attached hydrogens (tertiary/aromatic N) is 4. The van der Waals surface area contributed by atoms with Crippen molar-refractivity contribution in [3.05, 3.63) is 84.1 Å². The normalized spacial score (nSPS) is 10.7. The minimum Gasteiger partial charge on any atom is -0.323 e. The fourth-order valence-corrected chi connectivity index (χ4v) is 3.66. The van der Waals surface area contributed by atoms with Gasteiger partial charge in [-0.2, -0.15) is 0 Å². The van der Waals surface area contributed by atoms with E-state index in [0.717, 1.165) is 17.1 Å². The lowest BCUT2D eigenvalue weighted by Gasteiger charge is -2.10. The van der Waals surface area contributed by atoms with Crippen LogP contribution in [0.3, 0.4) is 0 Å². The van der Waals surface area contributed by atoms with Gasteiger partial charge in [-0.3, -0.25) is 9.36 Å². The van der Waals surface area contributed by atoms with E-state index in [9.17, 15) is 4.79 Å². The highest BCUT2D eigenvalue weighted by Gasteiger charge is 2.17. The summed E-state index contributed by atoms with van der Waals surface area (Å²) in [6.45, 7) is 0. The number of carbonyl (C=O) groups is 1. The van der Waals surface area contributed by atoms with E-state index in [4.69, 9.17) is 11.6 Å². The summed E-state index contributed by atoms with van der Waals surface area (Å²) in [5.74, 6) is 0.675. The quantitative estimate of drug-likeness (QED) is 0.360. The smallest absolute Gasteiger partial charge is 0.234 e. The lowest BCUT2D eigenvalue weighted by molar-refractivity contribution is -0.113. The van der Waals surface area contributed by atoms with Crippen LogP contribution in [-0.2, 0) is 4.79 Å². The van der Waals surface area contributed by atoms with Crippen LogP contribution < -0.4 is 5.32 Å². The van der Waals surface area contributed by atoms with Gasteiger partial charge in [0.2, 0.25) is 5.91 Å². The summed E-state index contributed by atoms with van der Waals surface area (Å²) in [6, 6.07) is 23.1. The molecule has 0 aliphatic rings. The van der Waals surface area contributed by atoms with Gasteiger partial charge in [0.05, 0.1) is 11.4 Å². The van der Waals surface area contributed by atoms with Gasteiger partial charge in [0.25, 0.3) is 0 Å². The van der Waals surface area contributed by atoms with Gasteiger partial charge < -0.3 is 5.32 Å². The molecular formula is C21H16ClN5OS. The number of anilines is 1. The Labute approximate surface area is 177 Å². The third-order valence-corrected chi connectivity index (χ3v) is 5.28. The van der Waals surface area contributed by atoms with Crippen molar-refractivity contribution >= 4 is 35.0 Å². The highest BCUT2D eigenvalue weighted by Crippen LogP contribution is 2.28. The summed E-state index contributed by atoms with van der Waals surface area (Å²) in [6.07, 6.45) is 1.57. The fraction of sp³-hybridized carbons (Fsp3) is 0.0476. The zero-order valence-electron chi connectivity index (χ0n) is 15.2. The maximum atomic E-state index is 12.4. The first-order chi connectivity index (χ1) is 14.2. The molecule has 4 rings (SSSR count). The highest BCUT2D eigenvalue weighted by molar-refractivity contribution is 7.99. The Balaban J connectivity index is 1.58. The number of thioether (sulfide) groups is 1. The average molecular weight is 422 g/mol. The Hall–Kier alpha value is -3.16. The first-order valence-corrected chi connectivity index (χ1v) is 10.2. The van der Waals surface area contributed by atoms with Crippen molar-refractivity contribution in [1.29, 1.82) is 0 Å². The van der Waals surface area contributed by atoms with Crippen molar-refractivity contribution in [3.63, 3.8) is 0 Å². The molecule has 0 atom stereocenters. The molecule has 6 nitrogen and oxygen atoms in total. The van der Waals surface area contributed by atoms with Crippen LogP contribution in [0.15, 0.2) is 84.1 Å². The first-order valence-electron chi connectivity index (χ1n) is 8.82. The van der Waals surface area contributed by atoms with Crippen LogP contribution in [-0.4, -0.2) is 31.4 Å². The Bertz CT molecular complexity index is 1120. The first kappa shape index (κ1) is 19.2. The third-order valence-electron chi connectivity index (χ3n) is 4.05. The summed E-state index contributed by atoms with van der Waals surface area (Å²) in [4.78, 5) is 16.3. The van der Waals surface area contributed by atoms with E-state index < -0.39 is 0 Å². The van der Waals surface area contributed by atoms with Gasteiger partial charge in [-0.1, -0.05) is 71.9 Å². The molecule has 1 amide bonds. The number of hydrogen-bond donors (Lipinski definition) is 1. The predicted molar refractivity (Wildman–Crippen MR) is 115 cm³/mol. The van der Waals surface area contributed by atoms with E-state index in [-0.39, 0.29) is 16.8 Å². The molecule has 0 bridgehead atoms. The number of rotatable bonds is 6. The van der Waals surface area contributed by atoms with Crippen LogP contribution in [0.2, 0.25) is 5.15 Å². The van der Waals surface area contributed by atoms with Crippen LogP contribution in [0.25, 0.3) is 17.1 Å². The lowest BCUT2D eigenvalue weighted by atomic mass is 10.2. The number of hydrogen-bond acceptors (Lipinski definition) is 5. The maximum Gasteiger partial charge on any atom is 0.234 e. The summed E-state index contributed by atoms with van der Waals surface area (Å²) in [7, 11) is 0. The molecule has 0 saturated heterocycles. The number of amides is 1. The number of halogens is 1. The molecule has 0 aliphatic carbocycles. The van der Waals surface area contributed by atoms with Crippen molar-refractivity contribution in [3.8, 4) is 17.1 Å². The molecule has 0 aliphatic heterocycles. The zero-order chi connectivity index (χ0) is 20.1.